The second-order valence-electron chi connectivity index (χ2n) is 5.68. The molecule has 0 saturated heterocycles. The number of carboxylic acids is 1. The summed E-state index contributed by atoms with van der Waals surface area (Å²) in [5.74, 6) is -0.804. The molecular weight excluding hydrogens is 368 g/mol. The highest BCUT2D eigenvalue weighted by atomic mass is 79.9. The Labute approximate surface area is 148 Å². The molecule has 0 saturated carbocycles. The van der Waals surface area contributed by atoms with Crippen LogP contribution < -0.4 is 0 Å². The average molecular weight is 385 g/mol. The highest BCUT2D eigenvalue weighted by Gasteiger charge is 2.13. The van der Waals surface area contributed by atoms with Gasteiger partial charge in [-0.2, -0.15) is 5.10 Å². The van der Waals surface area contributed by atoms with Gasteiger partial charge < -0.3 is 5.11 Å². The number of aromatic nitrogens is 2. The smallest absolute Gasteiger partial charge is 0.303 e. The molecule has 0 unspecified atom stereocenters. The number of benzene rings is 2. The van der Waals surface area contributed by atoms with Crippen LogP contribution in [0.2, 0.25) is 0 Å². The van der Waals surface area contributed by atoms with Crippen molar-refractivity contribution in [1.29, 1.82) is 0 Å². The van der Waals surface area contributed by atoms with E-state index in [0.29, 0.717) is 6.42 Å². The van der Waals surface area contributed by atoms with Gasteiger partial charge in [-0.1, -0.05) is 45.8 Å². The fraction of sp³-hybridized carbons (Fsp3) is 0.158. The first-order chi connectivity index (χ1) is 11.5. The molecule has 0 aliphatic carbocycles. The lowest BCUT2D eigenvalue weighted by Gasteiger charge is -2.02. The van der Waals surface area contributed by atoms with Crippen molar-refractivity contribution in [1.82, 2.24) is 9.78 Å². The van der Waals surface area contributed by atoms with Gasteiger partial charge in [0.1, 0.15) is 0 Å². The Morgan fingerprint density at radius 2 is 1.79 bits per heavy atom. The molecule has 4 nitrogen and oxygen atoms in total. The van der Waals surface area contributed by atoms with Crippen LogP contribution >= 0.6 is 15.9 Å². The first kappa shape index (κ1) is 16.5. The van der Waals surface area contributed by atoms with E-state index in [1.807, 2.05) is 61.7 Å². The third-order valence-electron chi connectivity index (χ3n) is 3.81. The Balaban J connectivity index is 2.02. The van der Waals surface area contributed by atoms with Crippen molar-refractivity contribution >= 4 is 21.9 Å². The number of aryl methyl sites for hydroxylation is 2. The Hall–Kier alpha value is -2.40. The van der Waals surface area contributed by atoms with Crippen molar-refractivity contribution in [3.8, 4) is 16.9 Å². The van der Waals surface area contributed by atoms with Crippen molar-refractivity contribution in [3.05, 3.63) is 70.3 Å². The topological polar surface area (TPSA) is 55.1 Å². The van der Waals surface area contributed by atoms with Crippen LogP contribution in [0.15, 0.2) is 59.2 Å². The summed E-state index contributed by atoms with van der Waals surface area (Å²) >= 11 is 3.43. The van der Waals surface area contributed by atoms with Crippen molar-refractivity contribution in [3.63, 3.8) is 0 Å². The molecule has 2 aromatic carbocycles. The van der Waals surface area contributed by atoms with Gasteiger partial charge in [0, 0.05) is 22.7 Å². The summed E-state index contributed by atoms with van der Waals surface area (Å²) in [4.78, 5) is 10.9. The molecule has 1 aromatic heterocycles. The van der Waals surface area contributed by atoms with Crippen LogP contribution in [0.5, 0.6) is 0 Å². The molecule has 3 aromatic rings. The Morgan fingerprint density at radius 1 is 1.12 bits per heavy atom. The van der Waals surface area contributed by atoms with E-state index in [0.717, 1.165) is 27.0 Å². The SMILES string of the molecule is Cc1ccc(-c2nn(-c3ccc(Br)cc3)cc2CCC(=O)O)cc1. The van der Waals surface area contributed by atoms with Gasteiger partial charge in [-0.25, -0.2) is 4.68 Å². The lowest BCUT2D eigenvalue weighted by atomic mass is 10.0. The van der Waals surface area contributed by atoms with E-state index < -0.39 is 5.97 Å². The van der Waals surface area contributed by atoms with Crippen LogP contribution in [0, 0.1) is 6.92 Å². The third kappa shape index (κ3) is 3.74. The van der Waals surface area contributed by atoms with Crippen LogP contribution in [0.25, 0.3) is 16.9 Å². The standard InChI is InChI=1S/C19H17BrN2O2/c1-13-2-4-14(5-3-13)19-15(6-11-18(23)24)12-22(21-19)17-9-7-16(20)8-10-17/h2-5,7-10,12H,6,11H2,1H3,(H,23,24). The summed E-state index contributed by atoms with van der Waals surface area (Å²) in [5.41, 5.74) is 4.88. The summed E-state index contributed by atoms with van der Waals surface area (Å²) in [5, 5.41) is 13.7. The van der Waals surface area contributed by atoms with E-state index in [1.165, 1.54) is 5.56 Å². The monoisotopic (exact) mass is 384 g/mol. The number of carbonyl (C=O) groups is 1. The van der Waals surface area contributed by atoms with E-state index in [1.54, 1.807) is 4.68 Å². The van der Waals surface area contributed by atoms with Crippen molar-refractivity contribution in [2.24, 2.45) is 0 Å². The lowest BCUT2D eigenvalue weighted by Crippen LogP contribution is -1.97. The molecule has 0 radical (unpaired) electrons. The van der Waals surface area contributed by atoms with Gasteiger partial charge in [-0.3, -0.25) is 4.79 Å². The van der Waals surface area contributed by atoms with E-state index in [-0.39, 0.29) is 6.42 Å². The number of nitrogens with zero attached hydrogens (tertiary/aromatic N) is 2. The zero-order valence-corrected chi connectivity index (χ0v) is 14.8. The van der Waals surface area contributed by atoms with Gasteiger partial charge in [0.15, 0.2) is 0 Å². The van der Waals surface area contributed by atoms with E-state index >= 15 is 0 Å². The molecule has 0 fully saturated rings. The molecule has 0 spiro atoms. The fourth-order valence-corrected chi connectivity index (χ4v) is 2.78. The number of hydrogen-bond donors (Lipinski definition) is 1. The normalized spacial score (nSPS) is 10.8. The van der Waals surface area contributed by atoms with Crippen molar-refractivity contribution in [2.45, 2.75) is 19.8 Å². The zero-order chi connectivity index (χ0) is 17.1. The minimum Gasteiger partial charge on any atom is -0.481 e. The van der Waals surface area contributed by atoms with Gasteiger partial charge in [-0.05, 0) is 43.2 Å². The zero-order valence-electron chi connectivity index (χ0n) is 13.2. The van der Waals surface area contributed by atoms with Gasteiger partial charge in [-0.15, -0.1) is 0 Å². The summed E-state index contributed by atoms with van der Waals surface area (Å²) in [7, 11) is 0. The maximum absolute atomic E-state index is 10.9. The summed E-state index contributed by atoms with van der Waals surface area (Å²) in [6.45, 7) is 2.04. The van der Waals surface area contributed by atoms with Gasteiger partial charge in [0.05, 0.1) is 11.4 Å². The van der Waals surface area contributed by atoms with Gasteiger partial charge in [0.2, 0.25) is 0 Å². The summed E-state index contributed by atoms with van der Waals surface area (Å²) in [6.07, 6.45) is 2.46. The molecule has 0 amide bonds. The summed E-state index contributed by atoms with van der Waals surface area (Å²) in [6, 6.07) is 16.0. The van der Waals surface area contributed by atoms with Gasteiger partial charge >= 0.3 is 5.97 Å². The van der Waals surface area contributed by atoms with Crippen LogP contribution in [-0.2, 0) is 11.2 Å². The maximum Gasteiger partial charge on any atom is 0.303 e. The number of halogens is 1. The molecule has 1 N–H and O–H groups in total. The molecule has 122 valence electrons. The highest BCUT2D eigenvalue weighted by molar-refractivity contribution is 9.10. The minimum atomic E-state index is -0.804. The van der Waals surface area contributed by atoms with Gasteiger partial charge in [0.25, 0.3) is 0 Å². The molecule has 24 heavy (non-hydrogen) atoms. The maximum atomic E-state index is 10.9. The molecule has 0 atom stereocenters. The van der Waals surface area contributed by atoms with Crippen LogP contribution in [0.1, 0.15) is 17.5 Å². The van der Waals surface area contributed by atoms with Crippen molar-refractivity contribution in [2.75, 3.05) is 0 Å². The van der Waals surface area contributed by atoms with E-state index in [9.17, 15) is 4.79 Å². The lowest BCUT2D eigenvalue weighted by molar-refractivity contribution is -0.136. The Bertz CT molecular complexity index is 852. The molecule has 0 aliphatic rings. The van der Waals surface area contributed by atoms with E-state index in [2.05, 4.69) is 15.9 Å². The largest absolute Gasteiger partial charge is 0.481 e. The predicted molar refractivity (Wildman–Crippen MR) is 97.4 cm³/mol. The molecular formula is C19H17BrN2O2. The number of carboxylic acid groups (broad SMARTS) is 1. The second kappa shape index (κ2) is 7.01. The molecule has 1 heterocycles. The molecule has 3 rings (SSSR count). The predicted octanol–water partition coefficient (Wildman–Crippen LogP) is 4.63. The first-order valence-electron chi connectivity index (χ1n) is 7.66. The Kier molecular flexibility index (Phi) is 4.81. The second-order valence-corrected chi connectivity index (χ2v) is 6.60. The molecule has 0 aliphatic heterocycles. The van der Waals surface area contributed by atoms with E-state index in [4.69, 9.17) is 10.2 Å². The molecule has 0 bridgehead atoms. The van der Waals surface area contributed by atoms with Crippen LogP contribution in [0.4, 0.5) is 0 Å². The van der Waals surface area contributed by atoms with Crippen LogP contribution in [-0.4, -0.2) is 20.9 Å². The third-order valence-corrected chi connectivity index (χ3v) is 4.34. The molecule has 5 heteroatoms. The van der Waals surface area contributed by atoms with Crippen molar-refractivity contribution < 1.29 is 9.90 Å². The highest BCUT2D eigenvalue weighted by Crippen LogP contribution is 2.25. The number of hydrogen-bond acceptors (Lipinski definition) is 2. The summed E-state index contributed by atoms with van der Waals surface area (Å²) < 4.78 is 2.81. The Morgan fingerprint density at radius 3 is 2.42 bits per heavy atom. The fourth-order valence-electron chi connectivity index (χ4n) is 2.51. The number of aliphatic carboxylic acids is 1. The van der Waals surface area contributed by atoms with Crippen LogP contribution in [0.3, 0.4) is 0 Å². The average Bonchev–Trinajstić information content (AvgIpc) is 2.98. The first-order valence-corrected chi connectivity index (χ1v) is 8.45. The quantitative estimate of drug-likeness (QED) is 0.697. The minimum absolute atomic E-state index is 0.0882. The number of rotatable bonds is 5.